The second kappa shape index (κ2) is 6.47. The molecule has 1 saturated heterocycles. The fourth-order valence-corrected chi connectivity index (χ4v) is 2.36. The van der Waals surface area contributed by atoms with Gasteiger partial charge in [-0.3, -0.25) is 9.59 Å². The topological polar surface area (TPSA) is 106 Å². The number of amides is 2. The minimum atomic E-state index is -0.0619. The van der Waals surface area contributed by atoms with E-state index in [0.29, 0.717) is 25.3 Å². The van der Waals surface area contributed by atoms with Gasteiger partial charge in [-0.15, -0.1) is 5.10 Å². The Morgan fingerprint density at radius 2 is 2.35 bits per heavy atom. The second-order valence-electron chi connectivity index (χ2n) is 4.99. The third-order valence-electron chi connectivity index (χ3n) is 3.27. The summed E-state index contributed by atoms with van der Waals surface area (Å²) in [7, 11) is 0. The molecule has 1 unspecified atom stereocenters. The van der Waals surface area contributed by atoms with Gasteiger partial charge in [-0.25, -0.2) is 4.68 Å². The average Bonchev–Trinajstić information content (AvgIpc) is 2.86. The summed E-state index contributed by atoms with van der Waals surface area (Å²) in [6.07, 6.45) is 3.47. The lowest BCUT2D eigenvalue weighted by molar-refractivity contribution is -0.134. The van der Waals surface area contributed by atoms with Crippen molar-refractivity contribution >= 4 is 11.8 Å². The summed E-state index contributed by atoms with van der Waals surface area (Å²) in [6, 6.07) is 0.0422. The molecule has 1 fully saturated rings. The van der Waals surface area contributed by atoms with E-state index in [0.717, 1.165) is 12.8 Å². The van der Waals surface area contributed by atoms with Crippen LogP contribution in [0.4, 0.5) is 0 Å². The van der Waals surface area contributed by atoms with Crippen molar-refractivity contribution < 1.29 is 9.59 Å². The first-order chi connectivity index (χ1) is 9.58. The van der Waals surface area contributed by atoms with Gasteiger partial charge >= 0.3 is 0 Å². The molecule has 2 heterocycles. The van der Waals surface area contributed by atoms with E-state index in [4.69, 9.17) is 5.73 Å². The Hall–Kier alpha value is -1.96. The van der Waals surface area contributed by atoms with E-state index in [9.17, 15) is 9.59 Å². The van der Waals surface area contributed by atoms with Crippen molar-refractivity contribution in [1.29, 1.82) is 0 Å². The van der Waals surface area contributed by atoms with Crippen molar-refractivity contribution in [3.05, 3.63) is 11.9 Å². The minimum Gasteiger partial charge on any atom is -0.352 e. The number of nitrogens with two attached hydrogens (primary N) is 1. The van der Waals surface area contributed by atoms with Crippen LogP contribution in [0.5, 0.6) is 0 Å². The molecule has 0 spiro atoms. The van der Waals surface area contributed by atoms with E-state index in [-0.39, 0.29) is 24.4 Å². The van der Waals surface area contributed by atoms with Crippen LogP contribution in [-0.4, -0.2) is 50.8 Å². The van der Waals surface area contributed by atoms with E-state index in [1.54, 1.807) is 11.1 Å². The molecule has 20 heavy (non-hydrogen) atoms. The molecular weight excluding hydrogens is 260 g/mol. The lowest BCUT2D eigenvalue weighted by atomic mass is 10.1. The van der Waals surface area contributed by atoms with Gasteiger partial charge in [-0.05, 0) is 12.8 Å². The van der Waals surface area contributed by atoms with E-state index in [2.05, 4.69) is 15.6 Å². The van der Waals surface area contributed by atoms with Gasteiger partial charge in [0.15, 0.2) is 0 Å². The number of carbonyl (C=O) groups is 2. The van der Waals surface area contributed by atoms with Gasteiger partial charge in [0.05, 0.1) is 11.9 Å². The van der Waals surface area contributed by atoms with Crippen LogP contribution in [0.2, 0.25) is 0 Å². The number of nitrogens with zero attached hydrogens (tertiary/aromatic N) is 4. The molecule has 1 atom stereocenters. The van der Waals surface area contributed by atoms with Crippen molar-refractivity contribution in [2.45, 2.75) is 38.9 Å². The van der Waals surface area contributed by atoms with E-state index in [1.165, 1.54) is 11.6 Å². The van der Waals surface area contributed by atoms with Crippen LogP contribution in [0.15, 0.2) is 6.20 Å². The zero-order valence-electron chi connectivity index (χ0n) is 11.6. The zero-order valence-corrected chi connectivity index (χ0v) is 11.6. The summed E-state index contributed by atoms with van der Waals surface area (Å²) in [5.74, 6) is -0.0818. The van der Waals surface area contributed by atoms with E-state index in [1.807, 2.05) is 0 Å². The van der Waals surface area contributed by atoms with Crippen molar-refractivity contribution in [1.82, 2.24) is 25.2 Å². The Labute approximate surface area is 117 Å². The van der Waals surface area contributed by atoms with Gasteiger partial charge in [0, 0.05) is 32.6 Å². The molecule has 3 N–H and O–H groups in total. The first-order valence-corrected chi connectivity index (χ1v) is 6.72. The molecule has 0 aliphatic carbocycles. The number of piperidine rings is 1. The number of carbonyl (C=O) groups excluding carboxylic acids is 2. The number of rotatable bonds is 4. The third-order valence-corrected chi connectivity index (χ3v) is 3.27. The summed E-state index contributed by atoms with van der Waals surface area (Å²) in [5.41, 5.74) is 6.11. The van der Waals surface area contributed by atoms with Crippen LogP contribution >= 0.6 is 0 Å². The fraction of sp³-hybridized carbons (Fsp3) is 0.667. The number of aromatic nitrogens is 3. The molecule has 1 aromatic rings. The molecule has 1 aliphatic heterocycles. The highest BCUT2D eigenvalue weighted by Crippen LogP contribution is 2.10. The molecule has 110 valence electrons. The van der Waals surface area contributed by atoms with Crippen LogP contribution in [0.1, 0.15) is 25.5 Å². The zero-order chi connectivity index (χ0) is 14.5. The Balaban J connectivity index is 1.89. The molecule has 8 nitrogen and oxygen atoms in total. The summed E-state index contributed by atoms with van der Waals surface area (Å²) in [6.45, 7) is 3.22. The second-order valence-corrected chi connectivity index (χ2v) is 4.99. The maximum Gasteiger partial charge on any atom is 0.244 e. The number of hydrogen-bond acceptors (Lipinski definition) is 5. The first-order valence-electron chi connectivity index (χ1n) is 6.72. The minimum absolute atomic E-state index is 0.0199. The average molecular weight is 280 g/mol. The van der Waals surface area contributed by atoms with Crippen molar-refractivity contribution in [2.75, 3.05) is 13.1 Å². The van der Waals surface area contributed by atoms with Gasteiger partial charge in [0.2, 0.25) is 11.8 Å². The number of nitrogens with one attached hydrogen (secondary N) is 1. The fourth-order valence-electron chi connectivity index (χ4n) is 2.36. The molecule has 0 bridgehead atoms. The molecule has 2 rings (SSSR count). The molecule has 0 radical (unpaired) electrons. The largest absolute Gasteiger partial charge is 0.352 e. The maximum absolute atomic E-state index is 12.2. The Kier molecular flexibility index (Phi) is 4.67. The molecule has 2 amide bonds. The van der Waals surface area contributed by atoms with Crippen LogP contribution in [0.3, 0.4) is 0 Å². The van der Waals surface area contributed by atoms with Crippen molar-refractivity contribution in [2.24, 2.45) is 5.73 Å². The lowest BCUT2D eigenvalue weighted by Gasteiger charge is -2.33. The summed E-state index contributed by atoms with van der Waals surface area (Å²) in [5, 5.41) is 10.6. The molecule has 0 saturated carbocycles. The normalized spacial score (nSPS) is 18.9. The highest BCUT2D eigenvalue weighted by molar-refractivity contribution is 5.76. The molecule has 8 heteroatoms. The molecule has 0 aromatic carbocycles. The van der Waals surface area contributed by atoms with Gasteiger partial charge in [0.25, 0.3) is 0 Å². The monoisotopic (exact) mass is 280 g/mol. The van der Waals surface area contributed by atoms with Crippen molar-refractivity contribution in [3.63, 3.8) is 0 Å². The number of hydrogen-bond donors (Lipinski definition) is 2. The van der Waals surface area contributed by atoms with Crippen LogP contribution in [0, 0.1) is 0 Å². The van der Waals surface area contributed by atoms with Gasteiger partial charge in [-0.2, -0.15) is 0 Å². The Morgan fingerprint density at radius 3 is 3.00 bits per heavy atom. The van der Waals surface area contributed by atoms with Crippen LogP contribution in [0.25, 0.3) is 0 Å². The highest BCUT2D eigenvalue weighted by Gasteiger charge is 2.24. The quantitative estimate of drug-likeness (QED) is 0.725. The summed E-state index contributed by atoms with van der Waals surface area (Å²) in [4.78, 5) is 25.0. The molecular formula is C12H20N6O2. The summed E-state index contributed by atoms with van der Waals surface area (Å²) >= 11 is 0. The standard InChI is InChI=1S/C12H20N6O2/c1-9(19)14-10-3-2-4-17(6-10)12(20)8-18-7-11(5-13)15-16-18/h7,10H,2-6,8,13H2,1H3,(H,14,19). The third kappa shape index (κ3) is 3.77. The van der Waals surface area contributed by atoms with Gasteiger partial charge in [-0.1, -0.05) is 5.21 Å². The van der Waals surface area contributed by atoms with Gasteiger partial charge < -0.3 is 16.0 Å². The number of likely N-dealkylation sites (tertiary alicyclic amines) is 1. The summed E-state index contributed by atoms with van der Waals surface area (Å²) < 4.78 is 1.49. The van der Waals surface area contributed by atoms with Gasteiger partial charge in [0.1, 0.15) is 6.54 Å². The van der Waals surface area contributed by atoms with Crippen LogP contribution < -0.4 is 11.1 Å². The Bertz CT molecular complexity index is 486. The highest BCUT2D eigenvalue weighted by atomic mass is 16.2. The SMILES string of the molecule is CC(=O)NC1CCCN(C(=O)Cn2cc(CN)nn2)C1. The Morgan fingerprint density at radius 1 is 1.55 bits per heavy atom. The predicted octanol–water partition coefficient (Wildman–Crippen LogP) is -1.14. The molecule has 1 aromatic heterocycles. The van der Waals surface area contributed by atoms with Crippen molar-refractivity contribution in [3.8, 4) is 0 Å². The maximum atomic E-state index is 12.2. The predicted molar refractivity (Wildman–Crippen MR) is 71.3 cm³/mol. The van der Waals surface area contributed by atoms with E-state index >= 15 is 0 Å². The molecule has 1 aliphatic rings. The van der Waals surface area contributed by atoms with E-state index < -0.39 is 0 Å². The van der Waals surface area contributed by atoms with Crippen LogP contribution in [-0.2, 0) is 22.7 Å². The first kappa shape index (κ1) is 14.4. The lowest BCUT2D eigenvalue weighted by Crippen LogP contribution is -2.49. The smallest absolute Gasteiger partial charge is 0.244 e.